The maximum Gasteiger partial charge on any atom is 0.353 e. The number of fused-ring (bicyclic) bond motifs is 1. The fourth-order valence-corrected chi connectivity index (χ4v) is 6.15. The summed E-state index contributed by atoms with van der Waals surface area (Å²) < 4.78 is 0. The molecule has 0 spiro atoms. The average Bonchev–Trinajstić information content (AvgIpc) is 3.28. The highest BCUT2D eigenvalue weighted by atomic mass is 32.2. The lowest BCUT2D eigenvalue weighted by atomic mass is 9.78. The molecule has 0 aromatic carbocycles. The van der Waals surface area contributed by atoms with Gasteiger partial charge in [-0.15, -0.1) is 11.8 Å². The van der Waals surface area contributed by atoms with Crippen molar-refractivity contribution in [1.29, 1.82) is 0 Å². The lowest BCUT2D eigenvalue weighted by Gasteiger charge is -2.47. The molecule has 3 aliphatic heterocycles. The first-order valence-electron chi connectivity index (χ1n) is 10.6. The van der Waals surface area contributed by atoms with Gasteiger partial charge in [-0.1, -0.05) is 6.92 Å². The van der Waals surface area contributed by atoms with Gasteiger partial charge in [0.05, 0.1) is 24.6 Å². The fraction of sp³-hybridized carbons (Fsp3) is 0.700. The largest absolute Gasteiger partial charge is 0.477 e. The smallest absolute Gasteiger partial charge is 0.353 e. The van der Waals surface area contributed by atoms with Gasteiger partial charge in [0.1, 0.15) is 11.7 Å². The second kappa shape index (κ2) is 9.38. The number of aliphatic hydroxyl groups is 1. The number of carboxylic acid groups (broad SMARTS) is 1. The van der Waals surface area contributed by atoms with Crippen molar-refractivity contribution in [3.63, 3.8) is 0 Å². The van der Waals surface area contributed by atoms with Crippen LogP contribution >= 0.6 is 11.8 Å². The van der Waals surface area contributed by atoms with Crippen molar-refractivity contribution in [3.05, 3.63) is 10.6 Å². The van der Waals surface area contributed by atoms with Crippen LogP contribution < -0.4 is 16.4 Å². The Morgan fingerprint density at radius 3 is 2.59 bits per heavy atom. The number of hydrogen-bond acceptors (Lipinski definition) is 8. The Morgan fingerprint density at radius 2 is 2.03 bits per heavy atom. The first-order chi connectivity index (χ1) is 15.0. The lowest BCUT2D eigenvalue weighted by Crippen LogP contribution is -2.66. The zero-order chi connectivity index (χ0) is 23.9. The number of thioether (sulfide) groups is 1. The van der Waals surface area contributed by atoms with E-state index in [4.69, 9.17) is 10.8 Å². The minimum atomic E-state index is -1.17. The third kappa shape index (κ3) is 4.24. The predicted molar refractivity (Wildman–Crippen MR) is 117 cm³/mol. The Labute approximate surface area is 190 Å². The molecule has 0 aromatic rings. The molecule has 3 aliphatic rings. The van der Waals surface area contributed by atoms with Gasteiger partial charge in [0.15, 0.2) is 0 Å². The summed E-state index contributed by atoms with van der Waals surface area (Å²) in [5, 5.41) is 24.8. The van der Waals surface area contributed by atoms with Crippen LogP contribution in [-0.2, 0) is 19.2 Å². The quantitative estimate of drug-likeness (QED) is 0.256. The molecule has 1 unspecified atom stereocenters. The second-order valence-electron chi connectivity index (χ2n) is 8.79. The number of aliphatic carboxylic acids is 1. The number of aliphatic hydroxyl groups excluding tert-OH is 1. The molecule has 3 rings (SSSR count). The third-order valence-electron chi connectivity index (χ3n) is 6.36. The van der Waals surface area contributed by atoms with E-state index in [0.29, 0.717) is 17.9 Å². The molecule has 3 amide bonds. The van der Waals surface area contributed by atoms with E-state index in [1.54, 1.807) is 21.0 Å². The van der Waals surface area contributed by atoms with Crippen molar-refractivity contribution < 1.29 is 29.4 Å². The molecule has 0 radical (unpaired) electrons. The minimum absolute atomic E-state index is 0.00244. The maximum absolute atomic E-state index is 12.9. The van der Waals surface area contributed by atoms with Crippen molar-refractivity contribution >= 4 is 35.5 Å². The molecule has 0 saturated carbocycles. The van der Waals surface area contributed by atoms with Gasteiger partial charge in [-0.05, 0) is 13.3 Å². The second-order valence-corrected chi connectivity index (χ2v) is 10.1. The molecular weight excluding hydrogens is 438 g/mol. The van der Waals surface area contributed by atoms with Crippen LogP contribution in [0.3, 0.4) is 0 Å². The number of nitrogens with zero attached hydrogens (tertiary/aromatic N) is 2. The molecule has 0 aliphatic carbocycles. The number of carbonyl (C=O) groups is 4. The molecule has 2 saturated heterocycles. The van der Waals surface area contributed by atoms with E-state index in [1.807, 2.05) is 6.92 Å². The standard InChI is InChI=1S/C20H31N5O6S/c1-8-14-13(9(2)23-17(27)11(21)7-26)19(29)25(14)15(20(30)31)16(8)32-10-5-12(22-6-10)18(28)24(3)4/h8-14,22,26H,5-7,21H2,1-4H3,(H,23,27)(H,30,31)/t8-,9-,10+,11?,12+,13-,14-/m1/s1. The Balaban J connectivity index is 1.74. The van der Waals surface area contributed by atoms with Crippen molar-refractivity contribution in [1.82, 2.24) is 20.4 Å². The summed E-state index contributed by atoms with van der Waals surface area (Å²) >= 11 is 1.41. The van der Waals surface area contributed by atoms with Gasteiger partial charge in [0, 0.05) is 42.8 Å². The average molecular weight is 470 g/mol. The molecule has 11 nitrogen and oxygen atoms in total. The molecule has 3 heterocycles. The monoisotopic (exact) mass is 469 g/mol. The number of amides is 3. The highest BCUT2D eigenvalue weighted by Gasteiger charge is 2.60. The molecular formula is C20H31N5O6S. The summed E-state index contributed by atoms with van der Waals surface area (Å²) in [4.78, 5) is 52.7. The number of nitrogens with one attached hydrogen (secondary N) is 2. The van der Waals surface area contributed by atoms with Gasteiger partial charge >= 0.3 is 5.97 Å². The number of rotatable bonds is 8. The van der Waals surface area contributed by atoms with Crippen LogP contribution in [0.25, 0.3) is 0 Å². The highest BCUT2D eigenvalue weighted by Crippen LogP contribution is 2.51. The van der Waals surface area contributed by atoms with Crippen LogP contribution in [0.4, 0.5) is 0 Å². The number of β-lactam (4-membered cyclic amide) rings is 1. The van der Waals surface area contributed by atoms with E-state index in [1.165, 1.54) is 21.6 Å². The number of carboxylic acids is 1. The summed E-state index contributed by atoms with van der Waals surface area (Å²) in [7, 11) is 3.39. The Bertz CT molecular complexity index is 848. The predicted octanol–water partition coefficient (Wildman–Crippen LogP) is -1.86. The van der Waals surface area contributed by atoms with Crippen molar-refractivity contribution in [2.24, 2.45) is 17.6 Å². The summed E-state index contributed by atoms with van der Waals surface area (Å²) in [5.74, 6) is -2.93. The topological polar surface area (TPSA) is 165 Å². The fourth-order valence-electron chi connectivity index (χ4n) is 4.67. The van der Waals surface area contributed by atoms with Crippen molar-refractivity contribution in [2.45, 2.75) is 49.7 Å². The maximum atomic E-state index is 12.9. The van der Waals surface area contributed by atoms with Crippen molar-refractivity contribution in [3.8, 4) is 0 Å². The van der Waals surface area contributed by atoms with E-state index in [9.17, 15) is 24.3 Å². The lowest BCUT2D eigenvalue weighted by molar-refractivity contribution is -0.158. The van der Waals surface area contributed by atoms with Gasteiger partial charge in [0.25, 0.3) is 0 Å². The summed E-state index contributed by atoms with van der Waals surface area (Å²) in [6, 6.07) is -2.35. The zero-order valence-corrected chi connectivity index (χ0v) is 19.4. The van der Waals surface area contributed by atoms with Crippen LogP contribution in [0.2, 0.25) is 0 Å². The molecule has 6 N–H and O–H groups in total. The van der Waals surface area contributed by atoms with Gasteiger partial charge in [-0.25, -0.2) is 4.79 Å². The van der Waals surface area contributed by atoms with Crippen LogP contribution in [0, 0.1) is 11.8 Å². The Hall–Kier alpha value is -2.15. The summed E-state index contributed by atoms with van der Waals surface area (Å²) in [6.45, 7) is 3.61. The van der Waals surface area contributed by atoms with E-state index in [2.05, 4.69) is 10.6 Å². The molecule has 32 heavy (non-hydrogen) atoms. The van der Waals surface area contributed by atoms with Crippen LogP contribution in [-0.4, -0.2) is 100 Å². The molecule has 178 valence electrons. The first kappa shape index (κ1) is 24.5. The van der Waals surface area contributed by atoms with Crippen LogP contribution in [0.15, 0.2) is 10.6 Å². The number of carbonyl (C=O) groups excluding carboxylic acids is 3. The molecule has 2 fully saturated rings. The highest BCUT2D eigenvalue weighted by molar-refractivity contribution is 8.03. The Kier molecular flexibility index (Phi) is 7.18. The van der Waals surface area contributed by atoms with Gasteiger partial charge in [-0.3, -0.25) is 14.4 Å². The SMILES string of the molecule is C[C@@H](NC(=O)C(N)CO)[C@H]1C(=O)N2C(C(=O)O)=C(S[C@@H]3CN[C@H](C(=O)N(C)C)C3)[C@H](C)[C@H]12. The molecule has 7 atom stereocenters. The van der Waals surface area contributed by atoms with Gasteiger partial charge in [-0.2, -0.15) is 0 Å². The number of hydrogen-bond donors (Lipinski definition) is 5. The van der Waals surface area contributed by atoms with Crippen LogP contribution in [0.5, 0.6) is 0 Å². The molecule has 12 heteroatoms. The van der Waals surface area contributed by atoms with E-state index in [-0.39, 0.29) is 40.8 Å². The number of likely N-dealkylation sites (N-methyl/N-ethyl adjacent to an activating group) is 1. The number of nitrogens with two attached hydrogens (primary N) is 1. The zero-order valence-electron chi connectivity index (χ0n) is 18.6. The first-order valence-corrected chi connectivity index (χ1v) is 11.5. The summed E-state index contributed by atoms with van der Waals surface area (Å²) in [5.41, 5.74) is 5.53. The Morgan fingerprint density at radius 1 is 1.38 bits per heavy atom. The van der Waals surface area contributed by atoms with Crippen molar-refractivity contribution in [2.75, 3.05) is 27.2 Å². The molecule has 0 aromatic heterocycles. The minimum Gasteiger partial charge on any atom is -0.477 e. The summed E-state index contributed by atoms with van der Waals surface area (Å²) in [6.07, 6.45) is 0.568. The third-order valence-corrected chi connectivity index (χ3v) is 7.87. The van der Waals surface area contributed by atoms with E-state index < -0.39 is 36.5 Å². The van der Waals surface area contributed by atoms with Gasteiger partial charge < -0.3 is 36.4 Å². The van der Waals surface area contributed by atoms with E-state index >= 15 is 0 Å². The molecule has 0 bridgehead atoms. The van der Waals surface area contributed by atoms with Gasteiger partial charge in [0.2, 0.25) is 17.7 Å². The van der Waals surface area contributed by atoms with Crippen LogP contribution in [0.1, 0.15) is 20.3 Å². The van der Waals surface area contributed by atoms with E-state index in [0.717, 1.165) is 0 Å². The normalized spacial score (nSPS) is 31.1.